The number of pyridine rings is 1. The average Bonchev–Trinajstić information content (AvgIpc) is 2.53. The highest BCUT2D eigenvalue weighted by molar-refractivity contribution is 7.21. The van der Waals surface area contributed by atoms with Gasteiger partial charge in [-0.3, -0.25) is 4.98 Å². The van der Waals surface area contributed by atoms with Gasteiger partial charge in [-0.15, -0.1) is 0 Å². The molecule has 2 aromatic heterocycles. The molecule has 0 aliphatic rings. The maximum atomic E-state index is 11.3. The molecule has 2 rings (SSSR count). The standard InChI is InChI=1S/C9H7NO3S/c1-13-8(11)6-7-5(14-9(6)12)3-2-4-10-7/h2-4,12H,1H3. The molecular weight excluding hydrogens is 202 g/mol. The van der Waals surface area contributed by atoms with Crippen LogP contribution in [0.1, 0.15) is 10.4 Å². The number of esters is 1. The van der Waals surface area contributed by atoms with Crippen LogP contribution in [0.5, 0.6) is 5.06 Å². The van der Waals surface area contributed by atoms with Gasteiger partial charge >= 0.3 is 5.97 Å². The Bertz CT molecular complexity index is 492. The van der Waals surface area contributed by atoms with E-state index < -0.39 is 5.97 Å². The van der Waals surface area contributed by atoms with Crippen LogP contribution >= 0.6 is 11.3 Å². The van der Waals surface area contributed by atoms with Crippen LogP contribution < -0.4 is 0 Å². The van der Waals surface area contributed by atoms with Gasteiger partial charge in [0.05, 0.1) is 17.3 Å². The van der Waals surface area contributed by atoms with E-state index in [2.05, 4.69) is 9.72 Å². The van der Waals surface area contributed by atoms with Crippen LogP contribution in [0.25, 0.3) is 10.2 Å². The van der Waals surface area contributed by atoms with E-state index in [9.17, 15) is 9.90 Å². The van der Waals surface area contributed by atoms with Gasteiger partial charge in [0.15, 0.2) is 5.06 Å². The summed E-state index contributed by atoms with van der Waals surface area (Å²) < 4.78 is 5.32. The van der Waals surface area contributed by atoms with Crippen molar-refractivity contribution in [2.75, 3.05) is 7.11 Å². The number of thiophene rings is 1. The highest BCUT2D eigenvalue weighted by atomic mass is 32.1. The molecule has 0 unspecified atom stereocenters. The topological polar surface area (TPSA) is 59.4 Å². The number of hydrogen-bond donors (Lipinski definition) is 1. The van der Waals surface area contributed by atoms with Crippen LogP contribution in [0, 0.1) is 0 Å². The normalized spacial score (nSPS) is 10.4. The summed E-state index contributed by atoms with van der Waals surface area (Å²) in [5, 5.41) is 9.46. The molecule has 0 atom stereocenters. The molecule has 2 heterocycles. The molecule has 4 nitrogen and oxygen atoms in total. The molecule has 0 aliphatic carbocycles. The number of nitrogens with zero attached hydrogens (tertiary/aromatic N) is 1. The molecule has 0 aromatic carbocycles. The Morgan fingerprint density at radius 2 is 2.43 bits per heavy atom. The van der Waals surface area contributed by atoms with Gasteiger partial charge in [-0.1, -0.05) is 11.3 Å². The molecule has 0 spiro atoms. The van der Waals surface area contributed by atoms with Crippen molar-refractivity contribution in [3.63, 3.8) is 0 Å². The average molecular weight is 209 g/mol. The number of methoxy groups -OCH3 is 1. The lowest BCUT2D eigenvalue weighted by molar-refractivity contribution is 0.0600. The van der Waals surface area contributed by atoms with Crippen LogP contribution in [-0.4, -0.2) is 23.2 Å². The van der Waals surface area contributed by atoms with Crippen molar-refractivity contribution >= 4 is 27.5 Å². The number of carbonyl (C=O) groups is 1. The fourth-order valence-corrected chi connectivity index (χ4v) is 2.09. The summed E-state index contributed by atoms with van der Waals surface area (Å²) in [4.78, 5) is 15.3. The third-order valence-corrected chi connectivity index (χ3v) is 2.76. The first-order valence-electron chi connectivity index (χ1n) is 3.89. The lowest BCUT2D eigenvalue weighted by Crippen LogP contribution is -2.00. The predicted octanol–water partition coefficient (Wildman–Crippen LogP) is 1.79. The van der Waals surface area contributed by atoms with E-state index in [0.29, 0.717) is 5.52 Å². The number of carbonyl (C=O) groups excluding carboxylic acids is 1. The number of aromatic hydroxyl groups is 1. The van der Waals surface area contributed by atoms with E-state index >= 15 is 0 Å². The van der Waals surface area contributed by atoms with E-state index in [1.54, 1.807) is 18.3 Å². The van der Waals surface area contributed by atoms with Gasteiger partial charge in [-0.2, -0.15) is 0 Å². The molecule has 2 aromatic rings. The Kier molecular flexibility index (Phi) is 2.09. The summed E-state index contributed by atoms with van der Waals surface area (Å²) in [6.07, 6.45) is 1.57. The minimum absolute atomic E-state index is 0.0504. The largest absolute Gasteiger partial charge is 0.499 e. The van der Waals surface area contributed by atoms with Gasteiger partial charge < -0.3 is 9.84 Å². The van der Waals surface area contributed by atoms with Crippen molar-refractivity contribution in [2.24, 2.45) is 0 Å². The quantitative estimate of drug-likeness (QED) is 0.727. The van der Waals surface area contributed by atoms with Crippen molar-refractivity contribution in [3.8, 4) is 5.06 Å². The monoisotopic (exact) mass is 209 g/mol. The molecule has 0 bridgehead atoms. The van der Waals surface area contributed by atoms with Gasteiger partial charge in [-0.05, 0) is 12.1 Å². The second-order valence-corrected chi connectivity index (χ2v) is 3.65. The predicted molar refractivity (Wildman–Crippen MR) is 52.6 cm³/mol. The van der Waals surface area contributed by atoms with Crippen LogP contribution in [-0.2, 0) is 4.74 Å². The van der Waals surface area contributed by atoms with Crippen molar-refractivity contribution in [1.29, 1.82) is 0 Å². The van der Waals surface area contributed by atoms with Crippen molar-refractivity contribution in [2.45, 2.75) is 0 Å². The summed E-state index contributed by atoms with van der Waals surface area (Å²) in [5.41, 5.74) is 0.634. The van der Waals surface area contributed by atoms with Crippen LogP contribution in [0.4, 0.5) is 0 Å². The fraction of sp³-hybridized carbons (Fsp3) is 0.111. The van der Waals surface area contributed by atoms with E-state index in [0.717, 1.165) is 16.0 Å². The molecule has 5 heteroatoms. The third kappa shape index (κ3) is 1.22. The molecule has 1 N–H and O–H groups in total. The molecule has 0 radical (unpaired) electrons. The van der Waals surface area contributed by atoms with Crippen molar-refractivity contribution in [1.82, 2.24) is 4.98 Å². The zero-order valence-electron chi connectivity index (χ0n) is 7.35. The Labute approximate surface area is 83.8 Å². The van der Waals surface area contributed by atoms with Crippen molar-refractivity contribution in [3.05, 3.63) is 23.9 Å². The summed E-state index contributed by atoms with van der Waals surface area (Å²) in [6, 6.07) is 3.54. The van der Waals surface area contributed by atoms with Crippen LogP contribution in [0.15, 0.2) is 18.3 Å². The lowest BCUT2D eigenvalue weighted by Gasteiger charge is -1.96. The number of ether oxygens (including phenoxy) is 1. The Morgan fingerprint density at radius 3 is 3.14 bits per heavy atom. The molecule has 14 heavy (non-hydrogen) atoms. The number of hydrogen-bond acceptors (Lipinski definition) is 5. The minimum Gasteiger partial charge on any atom is -0.499 e. The van der Waals surface area contributed by atoms with Gasteiger partial charge in [0.2, 0.25) is 0 Å². The fourth-order valence-electron chi connectivity index (χ4n) is 1.20. The summed E-state index contributed by atoms with van der Waals surface area (Å²) in [5.74, 6) is -0.563. The highest BCUT2D eigenvalue weighted by Crippen LogP contribution is 2.35. The van der Waals surface area contributed by atoms with E-state index in [1.807, 2.05) is 0 Å². The van der Waals surface area contributed by atoms with E-state index in [-0.39, 0.29) is 10.6 Å². The Hall–Kier alpha value is -1.62. The summed E-state index contributed by atoms with van der Waals surface area (Å²) >= 11 is 1.11. The Balaban J connectivity index is 2.74. The zero-order valence-corrected chi connectivity index (χ0v) is 8.17. The first-order valence-corrected chi connectivity index (χ1v) is 4.70. The minimum atomic E-state index is -0.563. The number of fused-ring (bicyclic) bond motifs is 1. The molecule has 72 valence electrons. The lowest BCUT2D eigenvalue weighted by atomic mass is 10.2. The second-order valence-electron chi connectivity index (χ2n) is 2.62. The maximum absolute atomic E-state index is 11.3. The van der Waals surface area contributed by atoms with E-state index in [1.165, 1.54) is 7.11 Å². The third-order valence-electron chi connectivity index (χ3n) is 1.82. The Morgan fingerprint density at radius 1 is 1.64 bits per heavy atom. The van der Waals surface area contributed by atoms with Gasteiger partial charge in [-0.25, -0.2) is 4.79 Å². The zero-order chi connectivity index (χ0) is 10.1. The maximum Gasteiger partial charge on any atom is 0.344 e. The highest BCUT2D eigenvalue weighted by Gasteiger charge is 2.19. The molecule has 0 amide bonds. The molecule has 0 saturated carbocycles. The molecule has 0 aliphatic heterocycles. The SMILES string of the molecule is COC(=O)c1c(O)sc2cccnc12. The number of rotatable bonds is 1. The smallest absolute Gasteiger partial charge is 0.344 e. The van der Waals surface area contributed by atoms with Gasteiger partial charge in [0.1, 0.15) is 5.56 Å². The first-order chi connectivity index (χ1) is 6.74. The van der Waals surface area contributed by atoms with Gasteiger partial charge in [0, 0.05) is 6.20 Å². The first kappa shape index (κ1) is 8.96. The second kappa shape index (κ2) is 3.26. The number of aromatic nitrogens is 1. The van der Waals surface area contributed by atoms with Crippen LogP contribution in [0.2, 0.25) is 0 Å². The molecular formula is C9H7NO3S. The van der Waals surface area contributed by atoms with Gasteiger partial charge in [0.25, 0.3) is 0 Å². The molecule has 0 fully saturated rings. The van der Waals surface area contributed by atoms with E-state index in [4.69, 9.17) is 0 Å². The summed E-state index contributed by atoms with van der Waals surface area (Å²) in [7, 11) is 1.27. The van der Waals surface area contributed by atoms with Crippen LogP contribution in [0.3, 0.4) is 0 Å². The van der Waals surface area contributed by atoms with Crippen molar-refractivity contribution < 1.29 is 14.6 Å². The molecule has 0 saturated heterocycles. The summed E-state index contributed by atoms with van der Waals surface area (Å²) in [6.45, 7) is 0.